The zero-order valence-electron chi connectivity index (χ0n) is 10.2. The smallest absolute Gasteiger partial charge is 0.0526 e. The Bertz CT molecular complexity index is 434. The van der Waals surface area contributed by atoms with Crippen LogP contribution in [0.15, 0.2) is 48.7 Å². The Hall–Kier alpha value is -1.83. The van der Waals surface area contributed by atoms with Gasteiger partial charge in [0.15, 0.2) is 0 Å². The Balaban J connectivity index is 1.71. The first-order valence-corrected chi connectivity index (χ1v) is 6.05. The summed E-state index contributed by atoms with van der Waals surface area (Å²) in [4.78, 5) is 4.25. The zero-order valence-corrected chi connectivity index (χ0v) is 10.2. The van der Waals surface area contributed by atoms with Gasteiger partial charge in [0.2, 0.25) is 0 Å². The molecule has 1 N–H and O–H groups in total. The quantitative estimate of drug-likeness (QED) is 0.790. The molecule has 1 aromatic heterocycles. The van der Waals surface area contributed by atoms with Crippen LogP contribution < -0.4 is 5.32 Å². The number of hydrogen-bond acceptors (Lipinski definition) is 2. The maximum absolute atomic E-state index is 4.25. The molecular formula is C15H18N2. The minimum atomic E-state index is 0.986. The van der Waals surface area contributed by atoms with Gasteiger partial charge in [-0.2, -0.15) is 0 Å². The Morgan fingerprint density at radius 3 is 2.59 bits per heavy atom. The molecule has 0 radical (unpaired) electrons. The van der Waals surface area contributed by atoms with Crippen molar-refractivity contribution in [2.45, 2.75) is 19.8 Å². The summed E-state index contributed by atoms with van der Waals surface area (Å²) in [5, 5.41) is 3.38. The van der Waals surface area contributed by atoms with E-state index in [1.165, 1.54) is 5.56 Å². The minimum absolute atomic E-state index is 0.986. The molecule has 2 heteroatoms. The van der Waals surface area contributed by atoms with Crippen LogP contribution in [0.25, 0.3) is 0 Å². The van der Waals surface area contributed by atoms with Crippen LogP contribution in [0.1, 0.15) is 17.7 Å². The lowest BCUT2D eigenvalue weighted by atomic mass is 10.1. The molecule has 2 nitrogen and oxygen atoms in total. The molecule has 2 aromatic rings. The van der Waals surface area contributed by atoms with Crippen molar-refractivity contribution >= 4 is 5.69 Å². The van der Waals surface area contributed by atoms with Crippen LogP contribution in [0.5, 0.6) is 0 Å². The van der Waals surface area contributed by atoms with E-state index < -0.39 is 0 Å². The van der Waals surface area contributed by atoms with Crippen LogP contribution in [0.3, 0.4) is 0 Å². The molecular weight excluding hydrogens is 208 g/mol. The van der Waals surface area contributed by atoms with Crippen LogP contribution in [-0.4, -0.2) is 11.5 Å². The summed E-state index contributed by atoms with van der Waals surface area (Å²) in [6.07, 6.45) is 4.14. The van der Waals surface area contributed by atoms with Crippen molar-refractivity contribution in [1.29, 1.82) is 0 Å². The van der Waals surface area contributed by atoms with Crippen LogP contribution in [0.2, 0.25) is 0 Å². The molecule has 88 valence electrons. The standard InChI is InChI=1S/C15H18N2/c1-13-9-10-15(12-17-13)16-11-5-8-14-6-3-2-4-7-14/h2-4,6-7,9-10,12,16H,5,8,11H2,1H3. The van der Waals surface area contributed by atoms with Crippen molar-refractivity contribution in [3.8, 4) is 0 Å². The van der Waals surface area contributed by atoms with Crippen molar-refractivity contribution in [2.24, 2.45) is 0 Å². The minimum Gasteiger partial charge on any atom is -0.384 e. The van der Waals surface area contributed by atoms with E-state index in [0.717, 1.165) is 30.8 Å². The third-order valence-electron chi connectivity index (χ3n) is 2.73. The summed E-state index contributed by atoms with van der Waals surface area (Å²) in [7, 11) is 0. The number of rotatable bonds is 5. The largest absolute Gasteiger partial charge is 0.384 e. The van der Waals surface area contributed by atoms with E-state index in [2.05, 4.69) is 46.7 Å². The molecule has 0 amide bonds. The highest BCUT2D eigenvalue weighted by atomic mass is 14.9. The predicted molar refractivity (Wildman–Crippen MR) is 72.2 cm³/mol. The summed E-state index contributed by atoms with van der Waals surface area (Å²) in [6, 6.07) is 14.7. The van der Waals surface area contributed by atoms with Gasteiger partial charge in [0.05, 0.1) is 11.9 Å². The highest BCUT2D eigenvalue weighted by molar-refractivity contribution is 5.40. The molecule has 0 aliphatic rings. The van der Waals surface area contributed by atoms with Crippen molar-refractivity contribution < 1.29 is 0 Å². The molecule has 0 fully saturated rings. The maximum atomic E-state index is 4.25. The number of aromatic nitrogens is 1. The van der Waals surface area contributed by atoms with E-state index in [-0.39, 0.29) is 0 Å². The van der Waals surface area contributed by atoms with Gasteiger partial charge in [-0.3, -0.25) is 4.98 Å². The van der Waals surface area contributed by atoms with E-state index in [1.807, 2.05) is 19.2 Å². The molecule has 0 aliphatic carbocycles. The van der Waals surface area contributed by atoms with E-state index in [1.54, 1.807) is 0 Å². The highest BCUT2D eigenvalue weighted by Gasteiger charge is 1.94. The van der Waals surface area contributed by atoms with E-state index in [4.69, 9.17) is 0 Å². The van der Waals surface area contributed by atoms with Gasteiger partial charge in [-0.15, -0.1) is 0 Å². The predicted octanol–water partition coefficient (Wildman–Crippen LogP) is 3.43. The average molecular weight is 226 g/mol. The Kier molecular flexibility index (Phi) is 4.14. The molecule has 0 atom stereocenters. The van der Waals surface area contributed by atoms with E-state index in [0.29, 0.717) is 0 Å². The van der Waals surface area contributed by atoms with Crippen molar-refractivity contribution in [2.75, 3.05) is 11.9 Å². The lowest BCUT2D eigenvalue weighted by molar-refractivity contribution is 0.862. The van der Waals surface area contributed by atoms with Gasteiger partial charge in [0.1, 0.15) is 0 Å². The lowest BCUT2D eigenvalue weighted by Crippen LogP contribution is -2.03. The normalized spacial score (nSPS) is 10.2. The van der Waals surface area contributed by atoms with Gasteiger partial charge >= 0.3 is 0 Å². The number of nitrogens with zero attached hydrogens (tertiary/aromatic N) is 1. The Morgan fingerprint density at radius 2 is 1.88 bits per heavy atom. The lowest BCUT2D eigenvalue weighted by Gasteiger charge is -2.06. The van der Waals surface area contributed by atoms with Crippen LogP contribution >= 0.6 is 0 Å². The van der Waals surface area contributed by atoms with Crippen LogP contribution in [-0.2, 0) is 6.42 Å². The fourth-order valence-corrected chi connectivity index (χ4v) is 1.74. The van der Waals surface area contributed by atoms with Gasteiger partial charge in [0, 0.05) is 12.2 Å². The van der Waals surface area contributed by atoms with E-state index in [9.17, 15) is 0 Å². The molecule has 1 heterocycles. The molecule has 0 spiro atoms. The first-order valence-electron chi connectivity index (χ1n) is 6.05. The number of aryl methyl sites for hydroxylation is 2. The monoisotopic (exact) mass is 226 g/mol. The third-order valence-corrected chi connectivity index (χ3v) is 2.73. The Morgan fingerprint density at radius 1 is 1.06 bits per heavy atom. The molecule has 0 aliphatic heterocycles. The van der Waals surface area contributed by atoms with Crippen molar-refractivity contribution in [1.82, 2.24) is 4.98 Å². The average Bonchev–Trinajstić information content (AvgIpc) is 2.38. The number of nitrogens with one attached hydrogen (secondary N) is 1. The number of anilines is 1. The van der Waals surface area contributed by atoms with E-state index >= 15 is 0 Å². The number of hydrogen-bond donors (Lipinski definition) is 1. The van der Waals surface area contributed by atoms with Gasteiger partial charge in [-0.05, 0) is 37.5 Å². The summed E-state index contributed by atoms with van der Waals surface area (Å²) < 4.78 is 0. The maximum Gasteiger partial charge on any atom is 0.0526 e. The Labute approximate surface area is 103 Å². The molecule has 0 unspecified atom stereocenters. The molecule has 17 heavy (non-hydrogen) atoms. The van der Waals surface area contributed by atoms with Gasteiger partial charge < -0.3 is 5.32 Å². The first kappa shape index (κ1) is 11.6. The molecule has 2 rings (SSSR count). The molecule has 0 bridgehead atoms. The molecule has 0 saturated carbocycles. The summed E-state index contributed by atoms with van der Waals surface area (Å²) >= 11 is 0. The van der Waals surface area contributed by atoms with Crippen molar-refractivity contribution in [3.63, 3.8) is 0 Å². The second-order valence-corrected chi connectivity index (χ2v) is 4.20. The number of benzene rings is 1. The SMILES string of the molecule is Cc1ccc(NCCCc2ccccc2)cn1. The van der Waals surface area contributed by atoms with Gasteiger partial charge in [-0.1, -0.05) is 30.3 Å². The highest BCUT2D eigenvalue weighted by Crippen LogP contribution is 2.06. The van der Waals surface area contributed by atoms with Crippen molar-refractivity contribution in [3.05, 3.63) is 59.9 Å². The summed E-state index contributed by atoms with van der Waals surface area (Å²) in [5.41, 5.74) is 3.56. The summed E-state index contributed by atoms with van der Waals surface area (Å²) in [5.74, 6) is 0. The third kappa shape index (κ3) is 3.91. The zero-order chi connectivity index (χ0) is 11.9. The van der Waals surface area contributed by atoms with Gasteiger partial charge in [-0.25, -0.2) is 0 Å². The van der Waals surface area contributed by atoms with Gasteiger partial charge in [0.25, 0.3) is 0 Å². The topological polar surface area (TPSA) is 24.9 Å². The fraction of sp³-hybridized carbons (Fsp3) is 0.267. The number of pyridine rings is 1. The molecule has 0 saturated heterocycles. The second-order valence-electron chi connectivity index (χ2n) is 4.20. The second kappa shape index (κ2) is 6.04. The first-order chi connectivity index (χ1) is 8.34. The molecule has 1 aromatic carbocycles. The van der Waals surface area contributed by atoms with Crippen LogP contribution in [0, 0.1) is 6.92 Å². The van der Waals surface area contributed by atoms with Crippen LogP contribution in [0.4, 0.5) is 5.69 Å². The fourth-order valence-electron chi connectivity index (χ4n) is 1.74. The summed E-state index contributed by atoms with van der Waals surface area (Å²) in [6.45, 7) is 2.98.